The molecule has 1 fully saturated rings. The zero-order chi connectivity index (χ0) is 27.6. The topological polar surface area (TPSA) is 124 Å². The summed E-state index contributed by atoms with van der Waals surface area (Å²) < 4.78 is 13.6. The van der Waals surface area contributed by atoms with Gasteiger partial charge in [-0.15, -0.1) is 0 Å². The number of nitrogens with one attached hydrogen (secondary N) is 2. The molecule has 1 atom stereocenters. The summed E-state index contributed by atoms with van der Waals surface area (Å²) in [7, 11) is 0. The fraction of sp³-hybridized carbons (Fsp3) is 0.333. The number of carbonyl (C=O) groups is 2. The smallest absolute Gasteiger partial charge is 0.255 e. The SMILES string of the molecule is N#Cc1ccccc1-c1ccc(C(=O)NC[C@@H]2CCCCN2C(=O)CCN)c(NCCc2cccc(F)c2)n1. The largest absolute Gasteiger partial charge is 0.369 e. The Morgan fingerprint density at radius 2 is 1.97 bits per heavy atom. The van der Waals surface area contributed by atoms with Crippen LogP contribution in [0, 0.1) is 17.1 Å². The van der Waals surface area contributed by atoms with Gasteiger partial charge in [0.15, 0.2) is 0 Å². The van der Waals surface area contributed by atoms with Crippen molar-refractivity contribution < 1.29 is 14.0 Å². The third-order valence-corrected chi connectivity index (χ3v) is 6.86. The van der Waals surface area contributed by atoms with Crippen molar-refractivity contribution in [1.29, 1.82) is 5.26 Å². The number of pyridine rings is 1. The van der Waals surface area contributed by atoms with Gasteiger partial charge in [-0.05, 0) is 61.6 Å². The van der Waals surface area contributed by atoms with Gasteiger partial charge in [0.25, 0.3) is 5.91 Å². The van der Waals surface area contributed by atoms with Crippen LogP contribution in [0.15, 0.2) is 60.7 Å². The van der Waals surface area contributed by atoms with Gasteiger partial charge in [-0.1, -0.05) is 30.3 Å². The van der Waals surface area contributed by atoms with Crippen molar-refractivity contribution in [3.8, 4) is 17.3 Å². The van der Waals surface area contributed by atoms with Crippen LogP contribution in [-0.4, -0.2) is 53.9 Å². The van der Waals surface area contributed by atoms with Crippen molar-refractivity contribution in [3.05, 3.63) is 83.2 Å². The quantitative estimate of drug-likeness (QED) is 0.367. The fourth-order valence-corrected chi connectivity index (χ4v) is 4.86. The Hall–Kier alpha value is -4.29. The van der Waals surface area contributed by atoms with Crippen LogP contribution in [0.1, 0.15) is 47.2 Å². The maximum Gasteiger partial charge on any atom is 0.255 e. The zero-order valence-electron chi connectivity index (χ0n) is 21.8. The van der Waals surface area contributed by atoms with Crippen LogP contribution >= 0.6 is 0 Å². The molecule has 0 radical (unpaired) electrons. The standard InChI is InChI=1S/C30H33FN6O2/c31-23-8-5-6-21(18-23)14-16-34-29-26(11-12-27(36-29)25-10-2-1-7-22(25)19-33)30(39)35-20-24-9-3-4-17-37(24)28(38)13-15-32/h1-2,5-8,10-12,18,24H,3-4,9,13-17,20,32H2,(H,34,36)(H,35,39)/t24-/m0/s1. The van der Waals surface area contributed by atoms with Gasteiger partial charge in [0, 0.05) is 44.2 Å². The Kier molecular flexibility index (Phi) is 9.59. The molecule has 1 aliphatic heterocycles. The summed E-state index contributed by atoms with van der Waals surface area (Å²) in [5, 5.41) is 15.8. The van der Waals surface area contributed by atoms with E-state index in [9.17, 15) is 19.2 Å². The predicted octanol–water partition coefficient (Wildman–Crippen LogP) is 3.87. The van der Waals surface area contributed by atoms with E-state index < -0.39 is 0 Å². The van der Waals surface area contributed by atoms with Gasteiger partial charge in [0.05, 0.1) is 22.9 Å². The highest BCUT2D eigenvalue weighted by atomic mass is 19.1. The number of nitrogens with two attached hydrogens (primary N) is 1. The summed E-state index contributed by atoms with van der Waals surface area (Å²) >= 11 is 0. The Balaban J connectivity index is 1.54. The van der Waals surface area contributed by atoms with Crippen molar-refractivity contribution >= 4 is 17.6 Å². The number of nitriles is 1. The van der Waals surface area contributed by atoms with Gasteiger partial charge in [-0.25, -0.2) is 9.37 Å². The number of hydrogen-bond acceptors (Lipinski definition) is 6. The van der Waals surface area contributed by atoms with E-state index in [1.165, 1.54) is 12.1 Å². The molecular weight excluding hydrogens is 495 g/mol. The Morgan fingerprint density at radius 1 is 1.13 bits per heavy atom. The van der Waals surface area contributed by atoms with E-state index in [1.807, 2.05) is 23.1 Å². The van der Waals surface area contributed by atoms with Crippen LogP contribution in [0.25, 0.3) is 11.3 Å². The molecule has 0 aliphatic carbocycles. The molecule has 2 heterocycles. The average Bonchev–Trinajstić information content (AvgIpc) is 2.96. The molecule has 0 bridgehead atoms. The number of anilines is 1. The lowest BCUT2D eigenvalue weighted by molar-refractivity contribution is -0.134. The molecule has 2 aromatic carbocycles. The van der Waals surface area contributed by atoms with E-state index >= 15 is 0 Å². The molecule has 0 spiro atoms. The summed E-state index contributed by atoms with van der Waals surface area (Å²) in [5.74, 6) is -0.234. The van der Waals surface area contributed by atoms with Gasteiger partial charge >= 0.3 is 0 Å². The summed E-state index contributed by atoms with van der Waals surface area (Å²) in [4.78, 5) is 32.4. The molecule has 1 aromatic heterocycles. The number of carbonyl (C=O) groups excluding carboxylic acids is 2. The van der Waals surface area contributed by atoms with Gasteiger partial charge in [-0.2, -0.15) is 5.26 Å². The second-order valence-electron chi connectivity index (χ2n) is 9.54. The highest BCUT2D eigenvalue weighted by Crippen LogP contribution is 2.25. The zero-order valence-corrected chi connectivity index (χ0v) is 21.8. The number of piperidine rings is 1. The first-order valence-corrected chi connectivity index (χ1v) is 13.3. The third-order valence-electron chi connectivity index (χ3n) is 6.86. The molecule has 3 aromatic rings. The maximum atomic E-state index is 13.6. The second-order valence-corrected chi connectivity index (χ2v) is 9.54. The first-order chi connectivity index (χ1) is 19.0. The molecule has 1 aliphatic rings. The van der Waals surface area contributed by atoms with Crippen LogP contribution < -0.4 is 16.4 Å². The number of aromatic nitrogens is 1. The van der Waals surface area contributed by atoms with Crippen LogP contribution in [0.4, 0.5) is 10.2 Å². The predicted molar refractivity (Wildman–Crippen MR) is 148 cm³/mol. The lowest BCUT2D eigenvalue weighted by Crippen LogP contribution is -2.49. The van der Waals surface area contributed by atoms with Crippen LogP contribution in [-0.2, 0) is 11.2 Å². The number of likely N-dealkylation sites (tertiary alicyclic amines) is 1. The van der Waals surface area contributed by atoms with E-state index in [2.05, 4.69) is 16.7 Å². The van der Waals surface area contributed by atoms with Gasteiger partial charge in [-0.3, -0.25) is 9.59 Å². The molecule has 202 valence electrons. The van der Waals surface area contributed by atoms with Crippen LogP contribution in [0.2, 0.25) is 0 Å². The van der Waals surface area contributed by atoms with Gasteiger partial charge < -0.3 is 21.3 Å². The first-order valence-electron chi connectivity index (χ1n) is 13.3. The first kappa shape index (κ1) is 27.7. The Morgan fingerprint density at radius 3 is 2.77 bits per heavy atom. The number of hydrogen-bond donors (Lipinski definition) is 3. The van der Waals surface area contributed by atoms with E-state index in [0.29, 0.717) is 67.2 Å². The number of rotatable bonds is 10. The van der Waals surface area contributed by atoms with E-state index in [0.717, 1.165) is 24.8 Å². The summed E-state index contributed by atoms with van der Waals surface area (Å²) in [6, 6.07) is 19.0. The highest BCUT2D eigenvalue weighted by Gasteiger charge is 2.27. The number of nitrogens with zero attached hydrogens (tertiary/aromatic N) is 3. The summed E-state index contributed by atoms with van der Waals surface area (Å²) in [6.45, 7) is 1.72. The monoisotopic (exact) mass is 528 g/mol. The van der Waals surface area contributed by atoms with Gasteiger partial charge in [0.2, 0.25) is 5.91 Å². The minimum absolute atomic E-state index is 0.0123. The average molecular weight is 529 g/mol. The molecule has 0 unspecified atom stereocenters. The van der Waals surface area contributed by atoms with E-state index in [4.69, 9.17) is 10.7 Å². The van der Waals surface area contributed by atoms with Crippen molar-refractivity contribution in [3.63, 3.8) is 0 Å². The molecular formula is C30H33FN6O2. The number of halogens is 1. The molecule has 39 heavy (non-hydrogen) atoms. The van der Waals surface area contributed by atoms with Crippen molar-refractivity contribution in [1.82, 2.24) is 15.2 Å². The normalized spacial score (nSPS) is 14.9. The molecule has 2 amide bonds. The van der Waals surface area contributed by atoms with E-state index in [1.54, 1.807) is 30.3 Å². The lowest BCUT2D eigenvalue weighted by Gasteiger charge is -2.36. The Bertz CT molecular complexity index is 1360. The lowest BCUT2D eigenvalue weighted by atomic mass is 10.0. The van der Waals surface area contributed by atoms with Crippen LogP contribution in [0.5, 0.6) is 0 Å². The third kappa shape index (κ3) is 7.18. The molecule has 0 saturated carbocycles. The van der Waals surface area contributed by atoms with Crippen LogP contribution in [0.3, 0.4) is 0 Å². The molecule has 4 N–H and O–H groups in total. The minimum Gasteiger partial charge on any atom is -0.369 e. The number of amides is 2. The second kappa shape index (κ2) is 13.5. The highest BCUT2D eigenvalue weighted by molar-refractivity contribution is 5.99. The van der Waals surface area contributed by atoms with Crippen molar-refractivity contribution in [2.75, 3.05) is 31.5 Å². The minimum atomic E-state index is -0.312. The Labute approximate surface area is 228 Å². The summed E-state index contributed by atoms with van der Waals surface area (Å²) in [5.41, 5.74) is 8.45. The molecule has 4 rings (SSSR count). The fourth-order valence-electron chi connectivity index (χ4n) is 4.86. The molecule has 8 nitrogen and oxygen atoms in total. The number of benzene rings is 2. The van der Waals surface area contributed by atoms with E-state index in [-0.39, 0.29) is 23.7 Å². The van der Waals surface area contributed by atoms with Gasteiger partial charge in [0.1, 0.15) is 11.6 Å². The molecule has 9 heteroatoms. The summed E-state index contributed by atoms with van der Waals surface area (Å²) in [6.07, 6.45) is 3.57. The van der Waals surface area contributed by atoms with Crippen molar-refractivity contribution in [2.24, 2.45) is 5.73 Å². The van der Waals surface area contributed by atoms with Crippen molar-refractivity contribution in [2.45, 2.75) is 38.1 Å². The molecule has 1 saturated heterocycles. The maximum absolute atomic E-state index is 13.6.